The summed E-state index contributed by atoms with van der Waals surface area (Å²) in [5.74, 6) is -0.580. The number of nitro groups is 1. The molecule has 0 unspecified atom stereocenters. The second kappa shape index (κ2) is 8.48. The van der Waals surface area contributed by atoms with E-state index in [1.54, 1.807) is 0 Å². The van der Waals surface area contributed by atoms with Crippen molar-refractivity contribution in [1.29, 1.82) is 0 Å². The average Bonchev–Trinajstić information content (AvgIpc) is 2.96. The number of hydrogen-bond acceptors (Lipinski definition) is 6. The molecule has 1 heterocycles. The van der Waals surface area contributed by atoms with Crippen molar-refractivity contribution in [3.63, 3.8) is 0 Å². The van der Waals surface area contributed by atoms with Crippen LogP contribution in [0.1, 0.15) is 41.1 Å². The number of aryl methyl sites for hydroxylation is 2. The molecule has 8 nitrogen and oxygen atoms in total. The Balaban J connectivity index is 1.87. The van der Waals surface area contributed by atoms with Crippen molar-refractivity contribution in [2.75, 3.05) is 6.61 Å². The zero-order valence-electron chi connectivity index (χ0n) is 13.5. The van der Waals surface area contributed by atoms with Crippen LogP contribution in [0.3, 0.4) is 0 Å². The van der Waals surface area contributed by atoms with Crippen molar-refractivity contribution in [3.05, 3.63) is 50.4 Å². The first-order valence-corrected chi connectivity index (χ1v) is 8.02. The van der Waals surface area contributed by atoms with Crippen molar-refractivity contribution < 1.29 is 24.1 Å². The molecule has 0 atom stereocenters. The average molecular weight is 369 g/mol. The molecule has 1 aromatic heterocycles. The molecule has 0 fully saturated rings. The fourth-order valence-corrected chi connectivity index (χ4v) is 2.54. The lowest BCUT2D eigenvalue weighted by molar-refractivity contribution is -0.385. The van der Waals surface area contributed by atoms with Gasteiger partial charge in [-0.1, -0.05) is 16.8 Å². The predicted octanol–water partition coefficient (Wildman–Crippen LogP) is 4.03. The van der Waals surface area contributed by atoms with Gasteiger partial charge in [-0.25, -0.2) is 4.79 Å². The molecular weight excluding hydrogens is 352 g/mol. The first kappa shape index (κ1) is 18.7. The molecule has 0 amide bonds. The van der Waals surface area contributed by atoms with E-state index in [0.29, 0.717) is 6.42 Å². The van der Waals surface area contributed by atoms with Crippen LogP contribution in [0, 0.1) is 17.0 Å². The molecular formula is C16H17ClN2O6. The van der Waals surface area contributed by atoms with E-state index in [2.05, 4.69) is 5.16 Å². The van der Waals surface area contributed by atoms with Crippen LogP contribution in [0.2, 0.25) is 5.02 Å². The highest BCUT2D eigenvalue weighted by atomic mass is 35.5. The highest BCUT2D eigenvalue weighted by Gasteiger charge is 2.22. The summed E-state index contributed by atoms with van der Waals surface area (Å²) in [6, 6.07) is 3.96. The quantitative estimate of drug-likeness (QED) is 0.403. The Morgan fingerprint density at radius 2 is 2.12 bits per heavy atom. The Morgan fingerprint density at radius 1 is 1.36 bits per heavy atom. The molecule has 0 aliphatic rings. The van der Waals surface area contributed by atoms with Crippen LogP contribution in [0.4, 0.5) is 5.69 Å². The molecule has 0 aliphatic heterocycles. The highest BCUT2D eigenvalue weighted by Crippen LogP contribution is 2.36. The number of aromatic carboxylic acids is 1. The number of carboxylic acid groups (broad SMARTS) is 1. The predicted molar refractivity (Wildman–Crippen MR) is 89.4 cm³/mol. The van der Waals surface area contributed by atoms with E-state index in [4.69, 9.17) is 26.0 Å². The van der Waals surface area contributed by atoms with Crippen molar-refractivity contribution >= 4 is 23.3 Å². The smallest absolute Gasteiger partial charge is 0.335 e. The first-order chi connectivity index (χ1) is 11.9. The second-order valence-electron chi connectivity index (χ2n) is 5.46. The Labute approximate surface area is 148 Å². The van der Waals surface area contributed by atoms with Crippen LogP contribution < -0.4 is 4.74 Å². The number of ether oxygens (including phenoxy) is 1. The van der Waals surface area contributed by atoms with E-state index >= 15 is 0 Å². The van der Waals surface area contributed by atoms with Gasteiger partial charge in [-0.15, -0.1) is 0 Å². The van der Waals surface area contributed by atoms with Crippen LogP contribution >= 0.6 is 11.6 Å². The summed E-state index contributed by atoms with van der Waals surface area (Å²) in [7, 11) is 0. The van der Waals surface area contributed by atoms with Crippen LogP contribution in [0.25, 0.3) is 0 Å². The van der Waals surface area contributed by atoms with Gasteiger partial charge in [0.2, 0.25) is 5.75 Å². The lowest BCUT2D eigenvalue weighted by Gasteiger charge is -2.09. The summed E-state index contributed by atoms with van der Waals surface area (Å²) in [6.45, 7) is 2.09. The van der Waals surface area contributed by atoms with Gasteiger partial charge < -0.3 is 14.4 Å². The van der Waals surface area contributed by atoms with E-state index in [1.165, 1.54) is 0 Å². The van der Waals surface area contributed by atoms with E-state index in [-0.39, 0.29) is 22.9 Å². The largest absolute Gasteiger partial charge is 0.486 e. The minimum Gasteiger partial charge on any atom is -0.486 e. The lowest BCUT2D eigenvalue weighted by Crippen LogP contribution is -2.04. The summed E-state index contributed by atoms with van der Waals surface area (Å²) < 4.78 is 10.5. The van der Waals surface area contributed by atoms with Gasteiger partial charge in [0.25, 0.3) is 0 Å². The normalized spacial score (nSPS) is 10.6. The summed E-state index contributed by atoms with van der Waals surface area (Å²) >= 11 is 5.93. The van der Waals surface area contributed by atoms with Crippen LogP contribution in [0.5, 0.6) is 5.75 Å². The van der Waals surface area contributed by atoms with E-state index < -0.39 is 16.6 Å². The molecule has 2 aromatic rings. The van der Waals surface area contributed by atoms with Crippen molar-refractivity contribution in [1.82, 2.24) is 5.16 Å². The summed E-state index contributed by atoms with van der Waals surface area (Å²) in [6.07, 6.45) is 3.13. The zero-order valence-corrected chi connectivity index (χ0v) is 14.3. The van der Waals surface area contributed by atoms with Gasteiger partial charge in [-0.2, -0.15) is 0 Å². The molecule has 0 bridgehead atoms. The number of rotatable bonds is 9. The maximum absolute atomic E-state index is 11.1. The van der Waals surface area contributed by atoms with Crippen LogP contribution in [0.15, 0.2) is 22.7 Å². The van der Waals surface area contributed by atoms with Gasteiger partial charge >= 0.3 is 11.7 Å². The Bertz CT molecular complexity index is 774. The maximum atomic E-state index is 11.1. The third-order valence-electron chi connectivity index (χ3n) is 3.46. The Kier molecular flexibility index (Phi) is 6.35. The number of aromatic nitrogens is 1. The van der Waals surface area contributed by atoms with Gasteiger partial charge in [-0.05, 0) is 32.3 Å². The van der Waals surface area contributed by atoms with Gasteiger partial charge in [0, 0.05) is 18.6 Å². The number of nitro benzene ring substituents is 1. The highest BCUT2D eigenvalue weighted by molar-refractivity contribution is 6.32. The minimum atomic E-state index is -1.29. The van der Waals surface area contributed by atoms with Crippen molar-refractivity contribution in [2.45, 2.75) is 32.6 Å². The maximum Gasteiger partial charge on any atom is 0.335 e. The van der Waals surface area contributed by atoms with Crippen LogP contribution in [-0.2, 0) is 6.42 Å². The number of nitrogens with zero attached hydrogens (tertiary/aromatic N) is 2. The van der Waals surface area contributed by atoms with Gasteiger partial charge in [0.15, 0.2) is 0 Å². The third-order valence-corrected chi connectivity index (χ3v) is 3.74. The number of carboxylic acids is 1. The number of carbonyl (C=O) groups is 1. The molecule has 0 spiro atoms. The van der Waals surface area contributed by atoms with Crippen LogP contribution in [-0.4, -0.2) is 27.8 Å². The van der Waals surface area contributed by atoms with Gasteiger partial charge in [0.1, 0.15) is 5.76 Å². The number of benzene rings is 1. The summed E-state index contributed by atoms with van der Waals surface area (Å²) in [5, 5.41) is 23.8. The van der Waals surface area contributed by atoms with E-state index in [9.17, 15) is 14.9 Å². The third kappa shape index (κ3) is 5.18. The van der Waals surface area contributed by atoms with Gasteiger partial charge in [0.05, 0.1) is 27.8 Å². The number of unbranched alkanes of at least 4 members (excludes halogenated alkanes) is 2. The van der Waals surface area contributed by atoms with E-state index in [1.807, 2.05) is 13.0 Å². The fourth-order valence-electron chi connectivity index (χ4n) is 2.27. The summed E-state index contributed by atoms with van der Waals surface area (Å²) in [4.78, 5) is 21.3. The monoisotopic (exact) mass is 368 g/mol. The second-order valence-corrected chi connectivity index (χ2v) is 5.87. The molecule has 1 aromatic carbocycles. The van der Waals surface area contributed by atoms with E-state index in [0.717, 1.165) is 42.8 Å². The number of hydrogen-bond donors (Lipinski definition) is 1. The molecule has 25 heavy (non-hydrogen) atoms. The Hall–Kier alpha value is -2.61. The Morgan fingerprint density at radius 3 is 2.72 bits per heavy atom. The molecule has 0 aliphatic carbocycles. The molecule has 2 rings (SSSR count). The molecule has 0 saturated carbocycles. The van der Waals surface area contributed by atoms with Gasteiger partial charge in [-0.3, -0.25) is 10.1 Å². The molecule has 1 N–H and O–H groups in total. The SMILES string of the molecule is Cc1cc(CCCCCOc2c(Cl)cc(C(=O)O)cc2[N+](=O)[O-])on1. The molecule has 9 heteroatoms. The fraction of sp³-hybridized carbons (Fsp3) is 0.375. The lowest BCUT2D eigenvalue weighted by atomic mass is 10.1. The standard InChI is InChI=1S/C16H17ClN2O6/c1-10-7-12(25-18-10)5-3-2-4-6-24-15-13(17)8-11(16(20)21)9-14(15)19(22)23/h7-9H,2-6H2,1H3,(H,20,21). The molecule has 134 valence electrons. The van der Waals surface area contributed by atoms with Crippen molar-refractivity contribution in [3.8, 4) is 5.75 Å². The molecule has 0 radical (unpaired) electrons. The minimum absolute atomic E-state index is 0.0938. The topological polar surface area (TPSA) is 116 Å². The first-order valence-electron chi connectivity index (χ1n) is 7.64. The zero-order chi connectivity index (χ0) is 18.4. The van der Waals surface area contributed by atoms with Crippen molar-refractivity contribution in [2.24, 2.45) is 0 Å². The number of halogens is 1. The molecule has 0 saturated heterocycles. The summed E-state index contributed by atoms with van der Waals surface area (Å²) in [5.41, 5.74) is 0.124.